The Morgan fingerprint density at radius 3 is 2.58 bits per heavy atom. The molecule has 1 aliphatic heterocycles. The summed E-state index contributed by atoms with van der Waals surface area (Å²) < 4.78 is 6.75. The average molecular weight is 559 g/mol. The zero-order valence-corrected chi connectivity index (χ0v) is 22.0. The molecule has 0 bridgehead atoms. The Morgan fingerprint density at radius 2 is 1.83 bits per heavy atom. The van der Waals surface area contributed by atoms with E-state index < -0.39 is 0 Å². The number of thioether (sulfide) groups is 1. The van der Waals surface area contributed by atoms with Gasteiger partial charge in [0.05, 0.1) is 26.7 Å². The van der Waals surface area contributed by atoms with Crippen molar-refractivity contribution in [1.82, 2.24) is 4.90 Å². The minimum Gasteiger partial charge on any atom is -0.488 e. The van der Waals surface area contributed by atoms with Gasteiger partial charge in [-0.2, -0.15) is 5.26 Å². The number of aliphatic imine (C=N–C) groups is 1. The number of hydrogen-bond acceptors (Lipinski definition) is 5. The van der Waals surface area contributed by atoms with Crippen LogP contribution in [0.1, 0.15) is 42.4 Å². The Kier molecular flexibility index (Phi) is 7.55. The molecular formula is C29H24BrN3O2S. The largest absolute Gasteiger partial charge is 0.488 e. The quantitative estimate of drug-likeness (QED) is 0.295. The summed E-state index contributed by atoms with van der Waals surface area (Å²) >= 11 is 5.03. The van der Waals surface area contributed by atoms with Gasteiger partial charge in [-0.1, -0.05) is 55.3 Å². The molecule has 1 saturated carbocycles. The van der Waals surface area contributed by atoms with E-state index in [1.165, 1.54) is 11.8 Å². The van der Waals surface area contributed by atoms with Crippen LogP contribution < -0.4 is 4.74 Å². The Labute approximate surface area is 223 Å². The summed E-state index contributed by atoms with van der Waals surface area (Å²) in [7, 11) is 0. The van der Waals surface area contributed by atoms with E-state index in [4.69, 9.17) is 9.73 Å². The second-order valence-electron chi connectivity index (χ2n) is 8.70. The van der Waals surface area contributed by atoms with Crippen LogP contribution >= 0.6 is 27.7 Å². The zero-order valence-electron chi connectivity index (χ0n) is 19.6. The molecule has 0 aromatic heterocycles. The van der Waals surface area contributed by atoms with E-state index in [1.807, 2.05) is 77.7 Å². The number of nitrogens with zero attached hydrogens (tertiary/aromatic N) is 3. The predicted octanol–water partition coefficient (Wildman–Crippen LogP) is 7.45. The lowest BCUT2D eigenvalue weighted by molar-refractivity contribution is -0.123. The Bertz CT molecular complexity index is 1370. The molecule has 0 spiro atoms. The van der Waals surface area contributed by atoms with Crippen LogP contribution in [0.2, 0.25) is 0 Å². The summed E-state index contributed by atoms with van der Waals surface area (Å²) in [6, 6.07) is 25.3. The van der Waals surface area contributed by atoms with E-state index in [-0.39, 0.29) is 11.9 Å². The molecule has 1 heterocycles. The van der Waals surface area contributed by atoms with Gasteiger partial charge in [-0.15, -0.1) is 0 Å². The second-order valence-corrected chi connectivity index (χ2v) is 10.6. The van der Waals surface area contributed by atoms with Crippen molar-refractivity contribution in [3.05, 3.63) is 98.9 Å². The first-order chi connectivity index (χ1) is 17.6. The van der Waals surface area contributed by atoms with Crippen LogP contribution in [0.25, 0.3) is 6.08 Å². The van der Waals surface area contributed by atoms with Gasteiger partial charge in [-0.25, -0.2) is 4.99 Å². The van der Waals surface area contributed by atoms with Gasteiger partial charge in [0.25, 0.3) is 5.91 Å². The molecule has 2 fully saturated rings. The number of amides is 1. The average Bonchev–Trinajstić information content (AvgIpc) is 3.52. The molecule has 7 heteroatoms. The highest BCUT2D eigenvalue weighted by molar-refractivity contribution is 9.10. The van der Waals surface area contributed by atoms with Crippen molar-refractivity contribution >= 4 is 50.5 Å². The molecule has 1 aliphatic carbocycles. The fraction of sp³-hybridized carbons (Fsp3) is 0.207. The van der Waals surface area contributed by atoms with Gasteiger partial charge in [-0.3, -0.25) is 9.69 Å². The number of nitriles is 1. The predicted molar refractivity (Wildman–Crippen MR) is 148 cm³/mol. The van der Waals surface area contributed by atoms with Crippen LogP contribution in [-0.4, -0.2) is 22.0 Å². The van der Waals surface area contributed by atoms with Crippen molar-refractivity contribution in [2.24, 2.45) is 4.99 Å². The van der Waals surface area contributed by atoms with Gasteiger partial charge in [0.1, 0.15) is 12.4 Å². The van der Waals surface area contributed by atoms with Crippen molar-refractivity contribution in [3.8, 4) is 11.8 Å². The first-order valence-electron chi connectivity index (χ1n) is 11.9. The maximum Gasteiger partial charge on any atom is 0.267 e. The maximum atomic E-state index is 13.5. The number of hydrogen-bond donors (Lipinski definition) is 0. The summed E-state index contributed by atoms with van der Waals surface area (Å²) in [5, 5.41) is 10.0. The molecule has 0 unspecified atom stereocenters. The van der Waals surface area contributed by atoms with Gasteiger partial charge < -0.3 is 4.74 Å². The zero-order chi connectivity index (χ0) is 24.9. The number of ether oxygens (including phenoxy) is 1. The van der Waals surface area contributed by atoms with Gasteiger partial charge in [-0.05, 0) is 82.5 Å². The molecule has 1 amide bonds. The van der Waals surface area contributed by atoms with Gasteiger partial charge in [0, 0.05) is 11.6 Å². The summed E-state index contributed by atoms with van der Waals surface area (Å²) in [5.41, 5.74) is 3.18. The number of carbonyl (C=O) groups excluding carboxylic acids is 1. The molecule has 36 heavy (non-hydrogen) atoms. The van der Waals surface area contributed by atoms with Crippen molar-refractivity contribution in [3.63, 3.8) is 0 Å². The van der Waals surface area contributed by atoms with Crippen LogP contribution in [0.4, 0.5) is 5.69 Å². The Morgan fingerprint density at radius 1 is 1.08 bits per heavy atom. The number of benzene rings is 3. The normalized spacial score (nSPS) is 18.2. The van der Waals surface area contributed by atoms with Crippen LogP contribution in [0, 0.1) is 11.3 Å². The first-order valence-corrected chi connectivity index (χ1v) is 13.5. The lowest BCUT2D eigenvalue weighted by atomic mass is 10.1. The molecular weight excluding hydrogens is 534 g/mol. The molecule has 0 radical (unpaired) electrons. The van der Waals surface area contributed by atoms with Gasteiger partial charge in [0.15, 0.2) is 5.17 Å². The summed E-state index contributed by atoms with van der Waals surface area (Å²) in [6.45, 7) is 0.298. The summed E-state index contributed by atoms with van der Waals surface area (Å²) in [5.74, 6) is 0.695. The Balaban J connectivity index is 1.37. The van der Waals surface area contributed by atoms with Gasteiger partial charge in [0.2, 0.25) is 0 Å². The number of amidine groups is 1. The van der Waals surface area contributed by atoms with Crippen LogP contribution in [0.3, 0.4) is 0 Å². The van der Waals surface area contributed by atoms with E-state index in [1.54, 1.807) is 6.07 Å². The summed E-state index contributed by atoms with van der Waals surface area (Å²) in [6.07, 6.45) is 6.23. The van der Waals surface area contributed by atoms with E-state index in [9.17, 15) is 10.1 Å². The molecule has 3 aromatic carbocycles. The lowest BCUT2D eigenvalue weighted by Gasteiger charge is -2.22. The fourth-order valence-electron chi connectivity index (χ4n) is 4.45. The van der Waals surface area contributed by atoms with E-state index in [2.05, 4.69) is 22.0 Å². The van der Waals surface area contributed by atoms with Crippen LogP contribution in [0.15, 0.2) is 87.2 Å². The standard InChI is InChI=1S/C29H24BrN3O2S/c30-25-16-20(14-15-26(25)35-19-22-9-5-4-8-21(22)18-31)17-27-28(34)33(24-12-6-7-13-24)29(36-27)32-23-10-2-1-3-11-23/h1-5,8-11,14-17,24H,6-7,12-13,19H2/b27-17-,32-29?. The SMILES string of the molecule is N#Cc1ccccc1COc1ccc(/C=C2\SC(=Nc3ccccc3)N(C3CCCC3)C2=O)cc1Br. The highest BCUT2D eigenvalue weighted by Gasteiger charge is 2.39. The highest BCUT2D eigenvalue weighted by Crippen LogP contribution is 2.39. The Hall–Kier alpha value is -3.34. The minimum atomic E-state index is 0.0196. The number of halogens is 1. The maximum absolute atomic E-state index is 13.5. The monoisotopic (exact) mass is 557 g/mol. The smallest absolute Gasteiger partial charge is 0.267 e. The molecule has 180 valence electrons. The van der Waals surface area contributed by atoms with E-state index in [0.29, 0.717) is 22.8 Å². The number of rotatable bonds is 6. The second kappa shape index (κ2) is 11.2. The fourth-order valence-corrected chi connectivity index (χ4v) is 6.02. The van der Waals surface area contributed by atoms with Crippen LogP contribution in [-0.2, 0) is 11.4 Å². The summed E-state index contributed by atoms with van der Waals surface area (Å²) in [4.78, 5) is 20.8. The van der Waals surface area contributed by atoms with Crippen LogP contribution in [0.5, 0.6) is 5.75 Å². The third-order valence-electron chi connectivity index (χ3n) is 6.28. The van der Waals surface area contributed by atoms with Crippen molar-refractivity contribution in [1.29, 1.82) is 5.26 Å². The van der Waals surface area contributed by atoms with Gasteiger partial charge >= 0.3 is 0 Å². The lowest BCUT2D eigenvalue weighted by Crippen LogP contribution is -2.37. The number of carbonyl (C=O) groups is 1. The molecule has 5 rings (SSSR count). The third kappa shape index (κ3) is 5.40. The minimum absolute atomic E-state index is 0.0196. The molecule has 3 aromatic rings. The van der Waals surface area contributed by atoms with Crippen molar-refractivity contribution in [2.75, 3.05) is 0 Å². The molecule has 0 N–H and O–H groups in total. The molecule has 1 saturated heterocycles. The third-order valence-corrected chi connectivity index (χ3v) is 7.89. The highest BCUT2D eigenvalue weighted by atomic mass is 79.9. The molecule has 0 atom stereocenters. The van der Waals surface area contributed by atoms with E-state index in [0.717, 1.165) is 52.1 Å². The molecule has 5 nitrogen and oxygen atoms in total. The molecule has 2 aliphatic rings. The van der Waals surface area contributed by atoms with Crippen molar-refractivity contribution < 1.29 is 9.53 Å². The van der Waals surface area contributed by atoms with E-state index >= 15 is 0 Å². The number of para-hydroxylation sites is 1. The topological polar surface area (TPSA) is 65.7 Å². The van der Waals surface area contributed by atoms with Crippen molar-refractivity contribution in [2.45, 2.75) is 38.3 Å². The first kappa shape index (κ1) is 24.4.